The molecule has 0 bridgehead atoms. The van der Waals surface area contributed by atoms with Crippen LogP contribution in [0, 0.1) is 5.92 Å². The van der Waals surface area contributed by atoms with E-state index in [2.05, 4.69) is 15.4 Å². The number of alkyl halides is 6. The third-order valence-electron chi connectivity index (χ3n) is 4.54. The Balaban J connectivity index is 1.67. The fourth-order valence-electron chi connectivity index (χ4n) is 3.02. The molecule has 1 aromatic rings. The summed E-state index contributed by atoms with van der Waals surface area (Å²) in [4.78, 5) is 11.9. The van der Waals surface area contributed by atoms with Crippen LogP contribution in [-0.4, -0.2) is 31.0 Å². The predicted octanol–water partition coefficient (Wildman–Crippen LogP) is 4.69. The highest BCUT2D eigenvalue weighted by molar-refractivity contribution is 5.74. The van der Waals surface area contributed by atoms with Gasteiger partial charge in [-0.25, -0.2) is 4.79 Å². The van der Waals surface area contributed by atoms with Crippen LogP contribution in [0.4, 0.5) is 31.1 Å². The lowest BCUT2D eigenvalue weighted by molar-refractivity contribution is -0.182. The lowest BCUT2D eigenvalue weighted by Crippen LogP contribution is -2.44. The van der Waals surface area contributed by atoms with Crippen molar-refractivity contribution in [3.63, 3.8) is 0 Å². The Morgan fingerprint density at radius 1 is 0.964 bits per heavy atom. The Morgan fingerprint density at radius 3 is 2.07 bits per heavy atom. The number of amides is 2. The SMILES string of the molecule is O=C(NCc1ccc(COCC(F)(F)F)cc1)NC1CCC(C(F)(F)F)CC1. The number of benzene rings is 1. The van der Waals surface area contributed by atoms with Crippen LogP contribution in [0.3, 0.4) is 0 Å². The topological polar surface area (TPSA) is 50.4 Å². The Kier molecular flexibility index (Phi) is 7.56. The fraction of sp³-hybridized carbons (Fsp3) is 0.611. The van der Waals surface area contributed by atoms with Gasteiger partial charge in [-0.05, 0) is 36.8 Å². The fourth-order valence-corrected chi connectivity index (χ4v) is 3.02. The molecule has 0 saturated heterocycles. The summed E-state index contributed by atoms with van der Waals surface area (Å²) in [6, 6.07) is 5.76. The van der Waals surface area contributed by atoms with Gasteiger partial charge < -0.3 is 15.4 Å². The van der Waals surface area contributed by atoms with E-state index in [1.807, 2.05) is 0 Å². The minimum atomic E-state index is -4.37. The van der Waals surface area contributed by atoms with E-state index in [-0.39, 0.29) is 44.9 Å². The number of ether oxygens (including phenoxy) is 1. The molecule has 0 heterocycles. The van der Waals surface area contributed by atoms with E-state index in [0.717, 1.165) is 5.56 Å². The van der Waals surface area contributed by atoms with Gasteiger partial charge in [0.1, 0.15) is 6.61 Å². The molecule has 10 heteroatoms. The summed E-state index contributed by atoms with van der Waals surface area (Å²) >= 11 is 0. The van der Waals surface area contributed by atoms with Crippen molar-refractivity contribution in [3.05, 3.63) is 35.4 Å². The lowest BCUT2D eigenvalue weighted by Gasteiger charge is -2.30. The summed E-state index contributed by atoms with van der Waals surface area (Å²) in [5, 5.41) is 5.29. The molecule has 2 amide bonds. The predicted molar refractivity (Wildman–Crippen MR) is 89.3 cm³/mol. The van der Waals surface area contributed by atoms with Gasteiger partial charge in [-0.1, -0.05) is 24.3 Å². The first-order chi connectivity index (χ1) is 13.0. The molecule has 158 valence electrons. The van der Waals surface area contributed by atoms with Crippen LogP contribution >= 0.6 is 0 Å². The maximum Gasteiger partial charge on any atom is 0.411 e. The number of carbonyl (C=O) groups excluding carboxylic acids is 1. The van der Waals surface area contributed by atoms with Gasteiger partial charge in [0.2, 0.25) is 0 Å². The zero-order valence-electron chi connectivity index (χ0n) is 15.0. The van der Waals surface area contributed by atoms with E-state index in [1.54, 1.807) is 24.3 Å². The molecule has 0 aliphatic heterocycles. The number of nitrogens with one attached hydrogen (secondary N) is 2. The van der Waals surface area contributed by atoms with E-state index < -0.39 is 30.9 Å². The maximum atomic E-state index is 12.6. The normalized spacial score (nSPS) is 20.6. The third-order valence-corrected chi connectivity index (χ3v) is 4.54. The molecule has 2 N–H and O–H groups in total. The summed E-state index contributed by atoms with van der Waals surface area (Å²) < 4.78 is 78.5. The zero-order valence-corrected chi connectivity index (χ0v) is 15.0. The molecule has 1 aliphatic rings. The van der Waals surface area contributed by atoms with Crippen LogP contribution < -0.4 is 10.6 Å². The van der Waals surface area contributed by atoms with Crippen molar-refractivity contribution >= 4 is 6.03 Å². The summed E-state index contributed by atoms with van der Waals surface area (Å²) in [6.07, 6.45) is -7.98. The first-order valence-electron chi connectivity index (χ1n) is 8.86. The number of rotatable bonds is 6. The zero-order chi connectivity index (χ0) is 20.8. The van der Waals surface area contributed by atoms with E-state index in [4.69, 9.17) is 0 Å². The number of hydrogen-bond acceptors (Lipinski definition) is 2. The molecular formula is C18H22F6N2O2. The molecule has 2 rings (SSSR count). The Hall–Kier alpha value is -1.97. The summed E-state index contributed by atoms with van der Waals surface area (Å²) in [5.74, 6) is -1.30. The van der Waals surface area contributed by atoms with Gasteiger partial charge in [0.05, 0.1) is 12.5 Å². The van der Waals surface area contributed by atoms with Gasteiger partial charge in [0.25, 0.3) is 0 Å². The molecule has 1 aliphatic carbocycles. The second kappa shape index (κ2) is 9.49. The highest BCUT2D eigenvalue weighted by Crippen LogP contribution is 2.37. The maximum absolute atomic E-state index is 12.6. The van der Waals surface area contributed by atoms with Crippen LogP contribution in [0.5, 0.6) is 0 Å². The van der Waals surface area contributed by atoms with Gasteiger partial charge in [-0.2, -0.15) is 26.3 Å². The van der Waals surface area contributed by atoms with Gasteiger partial charge >= 0.3 is 18.4 Å². The van der Waals surface area contributed by atoms with Crippen LogP contribution in [-0.2, 0) is 17.9 Å². The number of carbonyl (C=O) groups is 1. The van der Waals surface area contributed by atoms with Gasteiger partial charge in [-0.15, -0.1) is 0 Å². The molecule has 0 radical (unpaired) electrons. The molecule has 0 aromatic heterocycles. The van der Waals surface area contributed by atoms with Crippen LogP contribution in [0.25, 0.3) is 0 Å². The Bertz CT molecular complexity index is 622. The first-order valence-corrected chi connectivity index (χ1v) is 8.86. The molecule has 0 spiro atoms. The quantitative estimate of drug-likeness (QED) is 0.667. The van der Waals surface area contributed by atoms with E-state index in [9.17, 15) is 31.1 Å². The first kappa shape index (κ1) is 22.3. The summed E-state index contributed by atoms with van der Waals surface area (Å²) in [7, 11) is 0. The number of halogens is 6. The highest BCUT2D eigenvalue weighted by atomic mass is 19.4. The average Bonchev–Trinajstić information content (AvgIpc) is 2.60. The minimum Gasteiger partial charge on any atom is -0.367 e. The van der Waals surface area contributed by atoms with Gasteiger partial charge in [0.15, 0.2) is 0 Å². The standard InChI is InChI=1S/C18H22F6N2O2/c19-17(20,21)11-28-10-13-3-1-12(2-4-13)9-25-16(27)26-15-7-5-14(6-8-15)18(22,23)24/h1-4,14-15H,5-11H2,(H2,25,26,27). The Labute approximate surface area is 158 Å². The minimum absolute atomic E-state index is 0.00627. The molecule has 1 saturated carbocycles. The van der Waals surface area contributed by atoms with Gasteiger partial charge in [0, 0.05) is 12.6 Å². The smallest absolute Gasteiger partial charge is 0.367 e. The highest BCUT2D eigenvalue weighted by Gasteiger charge is 2.41. The second-order valence-electron chi connectivity index (χ2n) is 6.84. The van der Waals surface area contributed by atoms with Crippen molar-refractivity contribution in [1.29, 1.82) is 0 Å². The molecule has 1 fully saturated rings. The van der Waals surface area contributed by atoms with Crippen LogP contribution in [0.15, 0.2) is 24.3 Å². The van der Waals surface area contributed by atoms with Crippen molar-refractivity contribution < 1.29 is 35.9 Å². The summed E-state index contributed by atoms with van der Waals surface area (Å²) in [6.45, 7) is -1.30. The molecular weight excluding hydrogens is 390 g/mol. The Morgan fingerprint density at radius 2 is 1.54 bits per heavy atom. The second-order valence-corrected chi connectivity index (χ2v) is 6.84. The third kappa shape index (κ3) is 7.95. The average molecular weight is 412 g/mol. The van der Waals surface area contributed by atoms with Gasteiger partial charge in [-0.3, -0.25) is 0 Å². The monoisotopic (exact) mass is 412 g/mol. The summed E-state index contributed by atoms with van der Waals surface area (Å²) in [5.41, 5.74) is 1.30. The molecule has 0 atom stereocenters. The van der Waals surface area contributed by atoms with Crippen molar-refractivity contribution in [1.82, 2.24) is 10.6 Å². The van der Waals surface area contributed by atoms with E-state index in [1.165, 1.54) is 0 Å². The lowest BCUT2D eigenvalue weighted by atomic mass is 9.86. The molecule has 1 aromatic carbocycles. The van der Waals surface area contributed by atoms with E-state index in [0.29, 0.717) is 5.56 Å². The van der Waals surface area contributed by atoms with Crippen molar-refractivity contribution in [2.75, 3.05) is 6.61 Å². The van der Waals surface area contributed by atoms with Crippen molar-refractivity contribution in [2.45, 2.75) is 57.2 Å². The van der Waals surface area contributed by atoms with Crippen LogP contribution in [0.2, 0.25) is 0 Å². The largest absolute Gasteiger partial charge is 0.411 e. The van der Waals surface area contributed by atoms with Crippen molar-refractivity contribution in [3.8, 4) is 0 Å². The number of hydrogen-bond donors (Lipinski definition) is 2. The van der Waals surface area contributed by atoms with Crippen molar-refractivity contribution in [2.24, 2.45) is 5.92 Å². The molecule has 4 nitrogen and oxygen atoms in total. The number of urea groups is 1. The molecule has 0 unspecified atom stereocenters. The van der Waals surface area contributed by atoms with Crippen LogP contribution in [0.1, 0.15) is 36.8 Å². The van der Waals surface area contributed by atoms with E-state index >= 15 is 0 Å². The molecule has 28 heavy (non-hydrogen) atoms.